The zero-order valence-electron chi connectivity index (χ0n) is 12.9. The molecule has 0 atom stereocenters. The predicted octanol–water partition coefficient (Wildman–Crippen LogP) is 3.30. The minimum atomic E-state index is -0.274. The van der Waals surface area contributed by atoms with Crippen LogP contribution in [0, 0.1) is 0 Å². The second-order valence-corrected chi connectivity index (χ2v) is 6.74. The van der Waals surface area contributed by atoms with E-state index in [9.17, 15) is 4.79 Å². The summed E-state index contributed by atoms with van der Waals surface area (Å²) in [6.45, 7) is 0. The number of aromatic amines is 1. The number of nitrogens with zero attached hydrogens (tertiary/aromatic N) is 1. The Balaban J connectivity index is 2.04. The summed E-state index contributed by atoms with van der Waals surface area (Å²) in [7, 11) is 3.12. The molecule has 0 aliphatic heterocycles. The SMILES string of the molecule is COc1cc2[nH]c(=O)/c(=N\Nc3ccc(Br)cc3)sc2cc1OC. The molecule has 8 heteroatoms. The van der Waals surface area contributed by atoms with Crippen molar-refractivity contribution in [2.75, 3.05) is 19.6 Å². The van der Waals surface area contributed by atoms with Crippen LogP contribution in [0.2, 0.25) is 0 Å². The Labute approximate surface area is 149 Å². The van der Waals surface area contributed by atoms with Crippen molar-refractivity contribution in [2.24, 2.45) is 5.10 Å². The molecule has 2 N–H and O–H groups in total. The van der Waals surface area contributed by atoms with Crippen LogP contribution in [0.15, 0.2) is 50.8 Å². The summed E-state index contributed by atoms with van der Waals surface area (Å²) >= 11 is 4.64. The van der Waals surface area contributed by atoms with Crippen LogP contribution in [0.4, 0.5) is 5.69 Å². The molecule has 24 heavy (non-hydrogen) atoms. The number of hydrogen-bond donors (Lipinski definition) is 2. The van der Waals surface area contributed by atoms with E-state index in [1.807, 2.05) is 30.3 Å². The highest BCUT2D eigenvalue weighted by molar-refractivity contribution is 9.10. The summed E-state index contributed by atoms with van der Waals surface area (Å²) in [6.07, 6.45) is 0. The lowest BCUT2D eigenvalue weighted by molar-refractivity contribution is 0.356. The van der Waals surface area contributed by atoms with Gasteiger partial charge in [0.05, 0.1) is 30.1 Å². The zero-order valence-corrected chi connectivity index (χ0v) is 15.3. The predicted molar refractivity (Wildman–Crippen MR) is 98.9 cm³/mol. The molecule has 3 aromatic rings. The summed E-state index contributed by atoms with van der Waals surface area (Å²) in [5.41, 5.74) is 4.07. The van der Waals surface area contributed by atoms with Gasteiger partial charge in [-0.25, -0.2) is 0 Å². The molecule has 0 aliphatic carbocycles. The van der Waals surface area contributed by atoms with Gasteiger partial charge in [-0.1, -0.05) is 15.9 Å². The van der Waals surface area contributed by atoms with Crippen molar-refractivity contribution in [2.45, 2.75) is 0 Å². The van der Waals surface area contributed by atoms with E-state index in [1.54, 1.807) is 20.3 Å². The molecule has 2 aromatic carbocycles. The van der Waals surface area contributed by atoms with Crippen molar-refractivity contribution in [3.05, 3.63) is 55.9 Å². The highest BCUT2D eigenvalue weighted by Crippen LogP contribution is 2.31. The molecule has 6 nitrogen and oxygen atoms in total. The maximum atomic E-state index is 12.2. The number of anilines is 1. The number of nitrogens with one attached hydrogen (secondary N) is 2. The lowest BCUT2D eigenvalue weighted by atomic mass is 10.3. The molecule has 1 heterocycles. The van der Waals surface area contributed by atoms with Gasteiger partial charge in [-0.3, -0.25) is 10.2 Å². The van der Waals surface area contributed by atoms with Crippen molar-refractivity contribution >= 4 is 43.2 Å². The smallest absolute Gasteiger partial charge is 0.286 e. The minimum absolute atomic E-state index is 0.274. The summed E-state index contributed by atoms with van der Waals surface area (Å²) in [6, 6.07) is 11.1. The summed E-state index contributed by atoms with van der Waals surface area (Å²) in [5.74, 6) is 1.16. The maximum absolute atomic E-state index is 12.2. The number of fused-ring (bicyclic) bond motifs is 1. The Morgan fingerprint density at radius 2 is 1.79 bits per heavy atom. The first-order valence-corrected chi connectivity index (χ1v) is 8.56. The van der Waals surface area contributed by atoms with Crippen LogP contribution < -0.4 is 25.1 Å². The van der Waals surface area contributed by atoms with E-state index in [2.05, 4.69) is 31.4 Å². The van der Waals surface area contributed by atoms with E-state index >= 15 is 0 Å². The standard InChI is InChI=1S/C16H14BrN3O3S/c1-22-12-7-11-14(8-13(12)23-2)24-16(15(21)18-11)20-19-10-5-3-9(17)4-6-10/h3-8,19H,1-2H3,(H,18,21)/b20-16+. The van der Waals surface area contributed by atoms with E-state index in [-0.39, 0.29) is 5.56 Å². The van der Waals surface area contributed by atoms with Gasteiger partial charge in [-0.2, -0.15) is 5.10 Å². The van der Waals surface area contributed by atoms with E-state index in [1.165, 1.54) is 11.3 Å². The number of halogens is 1. The average Bonchev–Trinajstić information content (AvgIpc) is 2.60. The molecule has 0 amide bonds. The second kappa shape index (κ2) is 7.06. The summed E-state index contributed by atoms with van der Waals surface area (Å²) in [4.78, 5) is 15.0. The third-order valence-electron chi connectivity index (χ3n) is 3.27. The Morgan fingerprint density at radius 3 is 2.46 bits per heavy atom. The Morgan fingerprint density at radius 1 is 1.12 bits per heavy atom. The molecule has 0 radical (unpaired) electrons. The maximum Gasteiger partial charge on any atom is 0.286 e. The molecule has 0 fully saturated rings. The summed E-state index contributed by atoms with van der Waals surface area (Å²) in [5, 5.41) is 4.19. The number of aromatic nitrogens is 1. The molecular formula is C16H14BrN3O3S. The van der Waals surface area contributed by atoms with Gasteiger partial charge in [0, 0.05) is 16.6 Å². The van der Waals surface area contributed by atoms with Crippen LogP contribution in [0.3, 0.4) is 0 Å². The molecule has 0 aliphatic rings. The number of benzene rings is 2. The molecule has 0 saturated carbocycles. The number of ether oxygens (including phenoxy) is 2. The molecule has 0 saturated heterocycles. The van der Waals surface area contributed by atoms with E-state index in [0.717, 1.165) is 14.9 Å². The highest BCUT2D eigenvalue weighted by Gasteiger charge is 2.08. The minimum Gasteiger partial charge on any atom is -0.493 e. The summed E-state index contributed by atoms with van der Waals surface area (Å²) < 4.78 is 12.7. The lowest BCUT2D eigenvalue weighted by Crippen LogP contribution is -2.26. The first-order valence-electron chi connectivity index (χ1n) is 6.95. The zero-order chi connectivity index (χ0) is 17.1. The Bertz CT molecular complexity index is 996. The Kier molecular flexibility index (Phi) is 4.86. The first kappa shape index (κ1) is 16.5. The largest absolute Gasteiger partial charge is 0.493 e. The number of methoxy groups -OCH3 is 2. The fourth-order valence-electron chi connectivity index (χ4n) is 2.08. The van der Waals surface area contributed by atoms with Gasteiger partial charge in [-0.15, -0.1) is 11.3 Å². The molecule has 1 aromatic heterocycles. The quantitative estimate of drug-likeness (QED) is 0.650. The second-order valence-electron chi connectivity index (χ2n) is 4.80. The van der Waals surface area contributed by atoms with Crippen LogP contribution in [-0.4, -0.2) is 19.2 Å². The molecule has 3 rings (SSSR count). The van der Waals surface area contributed by atoms with Crippen molar-refractivity contribution in [3.63, 3.8) is 0 Å². The number of H-pyrrole nitrogens is 1. The number of rotatable bonds is 4. The fourth-order valence-corrected chi connectivity index (χ4v) is 3.18. The normalized spacial score (nSPS) is 11.5. The van der Waals surface area contributed by atoms with Crippen LogP contribution in [0.1, 0.15) is 0 Å². The van der Waals surface area contributed by atoms with Gasteiger partial charge in [-0.05, 0) is 24.3 Å². The molecule has 124 valence electrons. The lowest BCUT2D eigenvalue weighted by Gasteiger charge is -2.08. The van der Waals surface area contributed by atoms with Gasteiger partial charge in [0.1, 0.15) is 0 Å². The van der Waals surface area contributed by atoms with Crippen LogP contribution in [0.5, 0.6) is 11.5 Å². The van der Waals surface area contributed by atoms with Crippen LogP contribution in [-0.2, 0) is 0 Å². The topological polar surface area (TPSA) is 75.7 Å². The molecule has 0 bridgehead atoms. The third kappa shape index (κ3) is 3.44. The van der Waals surface area contributed by atoms with Gasteiger partial charge >= 0.3 is 0 Å². The fraction of sp³-hybridized carbons (Fsp3) is 0.125. The molecule has 0 unspecified atom stereocenters. The van der Waals surface area contributed by atoms with Crippen molar-refractivity contribution in [3.8, 4) is 11.5 Å². The van der Waals surface area contributed by atoms with Gasteiger partial charge in [0.2, 0.25) is 4.67 Å². The van der Waals surface area contributed by atoms with E-state index in [4.69, 9.17) is 9.47 Å². The third-order valence-corrected chi connectivity index (χ3v) is 4.82. The molecule has 0 spiro atoms. The van der Waals surface area contributed by atoms with Gasteiger partial charge in [0.25, 0.3) is 5.56 Å². The van der Waals surface area contributed by atoms with E-state index in [0.29, 0.717) is 21.7 Å². The first-order chi connectivity index (χ1) is 11.6. The number of hydrogen-bond acceptors (Lipinski definition) is 6. The van der Waals surface area contributed by atoms with Crippen molar-refractivity contribution in [1.82, 2.24) is 4.98 Å². The molecular weight excluding hydrogens is 394 g/mol. The van der Waals surface area contributed by atoms with E-state index < -0.39 is 0 Å². The van der Waals surface area contributed by atoms with Crippen molar-refractivity contribution < 1.29 is 9.47 Å². The van der Waals surface area contributed by atoms with Gasteiger partial charge < -0.3 is 14.5 Å². The van der Waals surface area contributed by atoms with Crippen LogP contribution in [0.25, 0.3) is 10.2 Å². The van der Waals surface area contributed by atoms with Crippen molar-refractivity contribution in [1.29, 1.82) is 0 Å². The Hall–Kier alpha value is -2.32. The monoisotopic (exact) mass is 407 g/mol. The van der Waals surface area contributed by atoms with Crippen LogP contribution >= 0.6 is 27.3 Å². The van der Waals surface area contributed by atoms with Gasteiger partial charge in [0.15, 0.2) is 11.5 Å². The highest BCUT2D eigenvalue weighted by atomic mass is 79.9. The average molecular weight is 408 g/mol.